The second kappa shape index (κ2) is 7.04. The van der Waals surface area contributed by atoms with Gasteiger partial charge in [-0.25, -0.2) is 0 Å². The van der Waals surface area contributed by atoms with Gasteiger partial charge in [-0.2, -0.15) is 5.01 Å². The smallest absolute Gasteiger partial charge is 0.183 e. The van der Waals surface area contributed by atoms with E-state index in [9.17, 15) is 0 Å². The zero-order valence-corrected chi connectivity index (χ0v) is 17.3. The molecule has 0 bridgehead atoms. The van der Waals surface area contributed by atoms with Crippen LogP contribution >= 0.6 is 0 Å². The van der Waals surface area contributed by atoms with Crippen molar-refractivity contribution in [2.24, 2.45) is 0 Å². The number of fused-ring (bicyclic) bond motifs is 4. The first kappa shape index (κ1) is 18.5. The number of para-hydroxylation sites is 1. The van der Waals surface area contributed by atoms with Crippen LogP contribution in [0.1, 0.15) is 43.9 Å². The molecule has 152 valence electrons. The van der Waals surface area contributed by atoms with Gasteiger partial charge in [0.05, 0.1) is 18.8 Å². The van der Waals surface area contributed by atoms with Crippen LogP contribution in [0.5, 0.6) is 11.5 Å². The Balaban J connectivity index is 1.56. The van der Waals surface area contributed by atoms with E-state index in [0.29, 0.717) is 6.04 Å². The number of hydrazine groups is 1. The van der Waals surface area contributed by atoms with E-state index in [1.165, 1.54) is 0 Å². The van der Waals surface area contributed by atoms with Crippen LogP contribution in [0.25, 0.3) is 5.70 Å². The maximum Gasteiger partial charge on any atom is 0.183 e. The number of ether oxygens (including phenoxy) is 2. The first-order chi connectivity index (χ1) is 14.1. The Morgan fingerprint density at radius 1 is 1.21 bits per heavy atom. The van der Waals surface area contributed by atoms with Crippen LogP contribution in [0.2, 0.25) is 0 Å². The average Bonchev–Trinajstić information content (AvgIpc) is 3.21. The average molecular weight is 393 g/mol. The Morgan fingerprint density at radius 2 is 2.03 bits per heavy atom. The molecule has 3 aliphatic rings. The van der Waals surface area contributed by atoms with E-state index in [0.717, 1.165) is 54.3 Å². The molecule has 1 aromatic carbocycles. The van der Waals surface area contributed by atoms with Gasteiger partial charge in [-0.3, -0.25) is 4.98 Å². The van der Waals surface area contributed by atoms with Crippen molar-refractivity contribution in [2.75, 3.05) is 20.2 Å². The molecule has 1 aromatic heterocycles. The molecule has 5 rings (SSSR count). The van der Waals surface area contributed by atoms with Crippen molar-refractivity contribution in [1.29, 1.82) is 0 Å². The topological polar surface area (TPSA) is 49.9 Å². The lowest BCUT2D eigenvalue weighted by Gasteiger charge is -2.52. The molecular weight excluding hydrogens is 364 g/mol. The lowest BCUT2D eigenvalue weighted by atomic mass is 9.92. The second-order valence-corrected chi connectivity index (χ2v) is 8.31. The van der Waals surface area contributed by atoms with Gasteiger partial charge in [0.2, 0.25) is 0 Å². The Labute approximate surface area is 172 Å². The Bertz CT molecular complexity index is 920. The Hall–Kier alpha value is -2.57. The third kappa shape index (κ3) is 2.98. The summed E-state index contributed by atoms with van der Waals surface area (Å²) in [5.74, 6) is 1.68. The minimum absolute atomic E-state index is 0.0923. The normalized spacial score (nSPS) is 23.2. The summed E-state index contributed by atoms with van der Waals surface area (Å²) in [7, 11) is 1.71. The van der Waals surface area contributed by atoms with Crippen LogP contribution in [0.15, 0.2) is 48.8 Å². The summed E-state index contributed by atoms with van der Waals surface area (Å²) >= 11 is 0. The maximum absolute atomic E-state index is 6.77. The summed E-state index contributed by atoms with van der Waals surface area (Å²) in [4.78, 5) is 6.82. The summed E-state index contributed by atoms with van der Waals surface area (Å²) in [6, 6.07) is 10.9. The van der Waals surface area contributed by atoms with Gasteiger partial charge in [0, 0.05) is 55.5 Å². The van der Waals surface area contributed by atoms with E-state index in [1.54, 1.807) is 13.3 Å². The quantitative estimate of drug-likeness (QED) is 0.862. The van der Waals surface area contributed by atoms with Crippen LogP contribution < -0.4 is 14.9 Å². The van der Waals surface area contributed by atoms with Gasteiger partial charge in [-0.05, 0) is 38.1 Å². The van der Waals surface area contributed by atoms with Crippen molar-refractivity contribution in [2.45, 2.75) is 44.5 Å². The predicted molar refractivity (Wildman–Crippen MR) is 112 cm³/mol. The molecule has 3 aliphatic heterocycles. The molecule has 0 unspecified atom stereocenters. The van der Waals surface area contributed by atoms with E-state index in [1.807, 2.05) is 24.4 Å². The number of benzene rings is 1. The fourth-order valence-corrected chi connectivity index (χ4v) is 4.74. The molecule has 1 atom stereocenters. The minimum Gasteiger partial charge on any atom is -0.493 e. The van der Waals surface area contributed by atoms with Crippen molar-refractivity contribution >= 4 is 5.70 Å². The maximum atomic E-state index is 6.77. The van der Waals surface area contributed by atoms with Gasteiger partial charge in [-0.15, -0.1) is 0 Å². The van der Waals surface area contributed by atoms with Crippen LogP contribution in [-0.4, -0.2) is 46.9 Å². The van der Waals surface area contributed by atoms with Crippen LogP contribution in [-0.2, 0) is 0 Å². The summed E-state index contributed by atoms with van der Waals surface area (Å²) in [5.41, 5.74) is 6.55. The van der Waals surface area contributed by atoms with Crippen molar-refractivity contribution < 1.29 is 9.47 Å². The molecule has 0 aliphatic carbocycles. The number of hydrogen-bond acceptors (Lipinski definition) is 6. The second-order valence-electron chi connectivity index (χ2n) is 8.31. The number of pyridine rings is 1. The highest BCUT2D eigenvalue weighted by Crippen LogP contribution is 2.51. The van der Waals surface area contributed by atoms with E-state index >= 15 is 0 Å². The molecule has 1 saturated heterocycles. The number of aromatic nitrogens is 1. The third-order valence-corrected chi connectivity index (χ3v) is 6.40. The number of likely N-dealkylation sites (tertiary alicyclic amines) is 1. The number of nitrogens with zero attached hydrogens (tertiary/aromatic N) is 3. The van der Waals surface area contributed by atoms with E-state index in [-0.39, 0.29) is 6.04 Å². The summed E-state index contributed by atoms with van der Waals surface area (Å²) in [6.45, 7) is 6.54. The van der Waals surface area contributed by atoms with Crippen molar-refractivity contribution in [3.05, 3.63) is 59.9 Å². The van der Waals surface area contributed by atoms with Crippen molar-refractivity contribution in [1.82, 2.24) is 20.3 Å². The zero-order chi connectivity index (χ0) is 20.0. The van der Waals surface area contributed by atoms with Gasteiger partial charge in [-0.1, -0.05) is 12.1 Å². The molecule has 6 heteroatoms. The number of hydrogen-bond donors (Lipinski definition) is 1. The van der Waals surface area contributed by atoms with Gasteiger partial charge in [0.15, 0.2) is 17.2 Å². The minimum atomic E-state index is -0.405. The van der Waals surface area contributed by atoms with Gasteiger partial charge in [0.1, 0.15) is 0 Å². The number of rotatable bonds is 3. The van der Waals surface area contributed by atoms with Crippen LogP contribution in [0, 0.1) is 0 Å². The molecule has 0 radical (unpaired) electrons. The summed E-state index contributed by atoms with van der Waals surface area (Å²) in [5, 5.41) is 2.31. The molecule has 1 spiro atoms. The van der Waals surface area contributed by atoms with Crippen LogP contribution in [0.4, 0.5) is 0 Å². The molecule has 0 amide bonds. The monoisotopic (exact) mass is 392 g/mol. The van der Waals surface area contributed by atoms with E-state index in [4.69, 9.17) is 9.47 Å². The fraction of sp³-hybridized carbons (Fsp3) is 0.435. The number of nitrogens with one attached hydrogen (secondary N) is 1. The molecule has 4 heterocycles. The van der Waals surface area contributed by atoms with Gasteiger partial charge in [0.25, 0.3) is 0 Å². The Morgan fingerprint density at radius 3 is 2.72 bits per heavy atom. The van der Waals surface area contributed by atoms with Gasteiger partial charge >= 0.3 is 0 Å². The molecule has 6 nitrogen and oxygen atoms in total. The van der Waals surface area contributed by atoms with Crippen molar-refractivity contribution in [3.63, 3.8) is 0 Å². The number of piperidine rings is 1. The fourth-order valence-electron chi connectivity index (χ4n) is 4.74. The summed E-state index contributed by atoms with van der Waals surface area (Å²) in [6.07, 6.45) is 7.85. The largest absolute Gasteiger partial charge is 0.493 e. The van der Waals surface area contributed by atoms with Gasteiger partial charge < -0.3 is 19.8 Å². The highest BCUT2D eigenvalue weighted by molar-refractivity contribution is 5.67. The van der Waals surface area contributed by atoms with Crippen molar-refractivity contribution in [3.8, 4) is 11.5 Å². The SMILES string of the molecule is COc1cccc2c1OC1(CCN(C(C)C)CC1)N1NC(c3cccnc3)=C[C@@H]21. The molecule has 29 heavy (non-hydrogen) atoms. The number of methoxy groups -OCH3 is 1. The lowest BCUT2D eigenvalue weighted by Crippen LogP contribution is -2.64. The van der Waals surface area contributed by atoms with Crippen LogP contribution in [0.3, 0.4) is 0 Å². The molecule has 1 fully saturated rings. The standard InChI is InChI=1S/C23H28N4O2/c1-16(2)26-12-9-23(10-13-26)27-20(14-19(25-27)17-6-5-11-24-15-17)18-7-4-8-21(28-3)22(18)29-23/h4-8,11,14-16,20,25H,9-10,12-13H2,1-3H3/t20-/m0/s1. The molecule has 2 aromatic rings. The van der Waals surface area contributed by atoms with E-state index in [2.05, 4.69) is 52.4 Å². The first-order valence-electron chi connectivity index (χ1n) is 10.4. The highest BCUT2D eigenvalue weighted by atomic mass is 16.5. The summed E-state index contributed by atoms with van der Waals surface area (Å²) < 4.78 is 12.4. The Kier molecular flexibility index (Phi) is 4.48. The highest BCUT2D eigenvalue weighted by Gasteiger charge is 2.52. The first-order valence-corrected chi connectivity index (χ1v) is 10.4. The van der Waals surface area contributed by atoms with E-state index < -0.39 is 5.72 Å². The zero-order valence-electron chi connectivity index (χ0n) is 17.3. The molecule has 0 saturated carbocycles. The lowest BCUT2D eigenvalue weighted by molar-refractivity contribution is -0.162. The molecule has 1 N–H and O–H groups in total. The molecular formula is C23H28N4O2. The third-order valence-electron chi connectivity index (χ3n) is 6.40. The predicted octanol–water partition coefficient (Wildman–Crippen LogP) is 3.59.